The van der Waals surface area contributed by atoms with Gasteiger partial charge in [0, 0.05) is 41.9 Å². The van der Waals surface area contributed by atoms with Gasteiger partial charge < -0.3 is 15.7 Å². The van der Waals surface area contributed by atoms with Gasteiger partial charge in [0.2, 0.25) is 0 Å². The van der Waals surface area contributed by atoms with Crippen LogP contribution in [0.5, 0.6) is 0 Å². The molecule has 0 radical (unpaired) electrons. The summed E-state index contributed by atoms with van der Waals surface area (Å²) in [7, 11) is 0. The van der Waals surface area contributed by atoms with Crippen molar-refractivity contribution in [2.45, 2.75) is 45.4 Å². The number of amides is 1. The predicted octanol–water partition coefficient (Wildman–Crippen LogP) is 5.87. The van der Waals surface area contributed by atoms with Gasteiger partial charge in [0.25, 0.3) is 5.91 Å². The summed E-state index contributed by atoms with van der Waals surface area (Å²) in [5, 5.41) is 19.9. The Kier molecular flexibility index (Phi) is 11.1. The van der Waals surface area contributed by atoms with Crippen LogP contribution in [0.15, 0.2) is 72.2 Å². The highest BCUT2D eigenvalue weighted by atomic mass is 35.5. The molecule has 0 aliphatic heterocycles. The standard InChI is InChI=1S/C30H31F2N3O2S.ClH/c1-3-20-5-4-6-21(11-20)17-33-18-28(36)27(14-22-12-25(31)16-26(32)13-22)35-29(37)23-9-19(2)10-24(15-23)30-34-7-8-38-30;/h4-13,15-16,27-28,33,36H,3,14,17-18H2,1-2H3,(H,35,37);1H/t27-,28-;/m0./s1. The molecule has 0 spiro atoms. The number of halogens is 3. The van der Waals surface area contributed by atoms with Crippen LogP contribution in [0.3, 0.4) is 0 Å². The molecule has 0 bridgehead atoms. The van der Waals surface area contributed by atoms with Gasteiger partial charge in [0.05, 0.1) is 12.1 Å². The molecule has 5 nitrogen and oxygen atoms in total. The summed E-state index contributed by atoms with van der Waals surface area (Å²) in [6.45, 7) is 4.70. The van der Waals surface area contributed by atoms with Crippen LogP contribution in [0, 0.1) is 18.6 Å². The van der Waals surface area contributed by atoms with Crippen molar-refractivity contribution in [3.63, 3.8) is 0 Å². The molecule has 0 saturated carbocycles. The van der Waals surface area contributed by atoms with Crippen LogP contribution < -0.4 is 10.6 Å². The van der Waals surface area contributed by atoms with Gasteiger partial charge in [-0.2, -0.15) is 0 Å². The Balaban J connectivity index is 0.00000420. The molecule has 3 aromatic carbocycles. The van der Waals surface area contributed by atoms with Gasteiger partial charge in [-0.25, -0.2) is 13.8 Å². The van der Waals surface area contributed by atoms with Crippen molar-refractivity contribution in [2.24, 2.45) is 0 Å². The summed E-state index contributed by atoms with van der Waals surface area (Å²) in [4.78, 5) is 17.6. The Morgan fingerprint density at radius 2 is 1.77 bits per heavy atom. The quantitative estimate of drug-likeness (QED) is 0.210. The number of carbonyl (C=O) groups is 1. The van der Waals surface area contributed by atoms with Crippen molar-refractivity contribution in [1.29, 1.82) is 0 Å². The largest absolute Gasteiger partial charge is 0.390 e. The number of rotatable bonds is 11. The molecule has 9 heteroatoms. The first-order valence-corrected chi connectivity index (χ1v) is 13.4. The van der Waals surface area contributed by atoms with Crippen molar-refractivity contribution in [3.8, 4) is 10.6 Å². The molecule has 0 unspecified atom stereocenters. The molecule has 4 aromatic rings. The zero-order valence-electron chi connectivity index (χ0n) is 21.8. The molecule has 0 aliphatic carbocycles. The number of carbonyl (C=O) groups excluding carboxylic acids is 1. The smallest absolute Gasteiger partial charge is 0.251 e. The fourth-order valence-corrected chi connectivity index (χ4v) is 5.01. The van der Waals surface area contributed by atoms with Gasteiger partial charge in [-0.05, 0) is 72.4 Å². The van der Waals surface area contributed by atoms with Crippen LogP contribution in [0.1, 0.15) is 39.5 Å². The van der Waals surface area contributed by atoms with Crippen molar-refractivity contribution >= 4 is 29.7 Å². The Morgan fingerprint density at radius 1 is 1.03 bits per heavy atom. The number of aliphatic hydroxyl groups excluding tert-OH is 1. The van der Waals surface area contributed by atoms with Crippen LogP contribution in [0.25, 0.3) is 10.6 Å². The van der Waals surface area contributed by atoms with Crippen LogP contribution in [0.4, 0.5) is 8.78 Å². The van der Waals surface area contributed by atoms with E-state index < -0.39 is 23.8 Å². The van der Waals surface area contributed by atoms with Gasteiger partial charge in [-0.3, -0.25) is 4.79 Å². The summed E-state index contributed by atoms with van der Waals surface area (Å²) in [5.74, 6) is -1.80. The van der Waals surface area contributed by atoms with Gasteiger partial charge in [-0.15, -0.1) is 23.7 Å². The summed E-state index contributed by atoms with van der Waals surface area (Å²) < 4.78 is 27.8. The molecule has 1 aromatic heterocycles. The molecule has 2 atom stereocenters. The number of hydrogen-bond donors (Lipinski definition) is 3. The third-order valence-electron chi connectivity index (χ3n) is 6.26. The number of hydrogen-bond acceptors (Lipinski definition) is 5. The number of nitrogens with zero attached hydrogens (tertiary/aromatic N) is 1. The highest BCUT2D eigenvalue weighted by Gasteiger charge is 2.23. The van der Waals surface area contributed by atoms with E-state index in [1.807, 2.05) is 30.5 Å². The molecule has 0 aliphatic rings. The number of benzene rings is 3. The second kappa shape index (κ2) is 14.3. The number of aromatic nitrogens is 1. The minimum atomic E-state index is -1.01. The number of aryl methyl sites for hydroxylation is 2. The normalized spacial score (nSPS) is 12.4. The lowest BCUT2D eigenvalue weighted by molar-refractivity contribution is 0.0830. The summed E-state index contributed by atoms with van der Waals surface area (Å²) in [5.41, 5.74) is 4.78. The number of thiazole rings is 1. The maximum atomic E-state index is 13.9. The fraction of sp³-hybridized carbons (Fsp3) is 0.267. The zero-order valence-corrected chi connectivity index (χ0v) is 23.4. The van der Waals surface area contributed by atoms with Gasteiger partial charge in [-0.1, -0.05) is 31.2 Å². The minimum absolute atomic E-state index is 0. The van der Waals surface area contributed by atoms with Crippen molar-refractivity contribution in [1.82, 2.24) is 15.6 Å². The van der Waals surface area contributed by atoms with Gasteiger partial charge >= 0.3 is 0 Å². The van der Waals surface area contributed by atoms with Gasteiger partial charge in [0.15, 0.2) is 0 Å². The van der Waals surface area contributed by atoms with E-state index >= 15 is 0 Å². The second-order valence-electron chi connectivity index (χ2n) is 9.36. The van der Waals surface area contributed by atoms with E-state index in [2.05, 4.69) is 34.7 Å². The molecule has 0 saturated heterocycles. The van der Waals surface area contributed by atoms with E-state index in [9.17, 15) is 18.7 Å². The molecule has 1 heterocycles. The number of nitrogens with one attached hydrogen (secondary N) is 2. The third-order valence-corrected chi connectivity index (χ3v) is 7.08. The molecular formula is C30H32ClF2N3O2S. The average Bonchev–Trinajstić information content (AvgIpc) is 3.43. The Bertz CT molecular complexity index is 1360. The molecule has 39 heavy (non-hydrogen) atoms. The molecule has 1 amide bonds. The Morgan fingerprint density at radius 3 is 2.46 bits per heavy atom. The summed E-state index contributed by atoms with van der Waals surface area (Å²) in [6, 6.07) is 16.1. The van der Waals surface area contributed by atoms with Crippen molar-refractivity contribution in [2.75, 3.05) is 6.54 Å². The van der Waals surface area contributed by atoms with Gasteiger partial charge in [0.1, 0.15) is 16.6 Å². The van der Waals surface area contributed by atoms with E-state index in [1.54, 1.807) is 18.3 Å². The molecule has 206 valence electrons. The lowest BCUT2D eigenvalue weighted by atomic mass is 9.99. The lowest BCUT2D eigenvalue weighted by Crippen LogP contribution is -2.48. The van der Waals surface area contributed by atoms with E-state index in [1.165, 1.54) is 29.0 Å². The monoisotopic (exact) mass is 571 g/mol. The van der Waals surface area contributed by atoms with Crippen LogP contribution in [-0.2, 0) is 19.4 Å². The fourth-order valence-electron chi connectivity index (χ4n) is 4.39. The average molecular weight is 572 g/mol. The van der Waals surface area contributed by atoms with Crippen LogP contribution >= 0.6 is 23.7 Å². The van der Waals surface area contributed by atoms with E-state index in [0.717, 1.165) is 34.2 Å². The summed E-state index contributed by atoms with van der Waals surface area (Å²) >= 11 is 1.48. The maximum absolute atomic E-state index is 13.9. The molecule has 4 rings (SSSR count). The lowest BCUT2D eigenvalue weighted by Gasteiger charge is -2.25. The SMILES string of the molecule is CCc1cccc(CNC[C@H](O)[C@H](Cc2cc(F)cc(F)c2)NC(=O)c2cc(C)cc(-c3nccs3)c2)c1.Cl. The molecule has 0 fully saturated rings. The second-order valence-corrected chi connectivity index (χ2v) is 10.3. The third kappa shape index (κ3) is 8.66. The van der Waals surface area contributed by atoms with Crippen molar-refractivity contribution in [3.05, 3.63) is 112 Å². The van der Waals surface area contributed by atoms with Crippen LogP contribution in [0.2, 0.25) is 0 Å². The minimum Gasteiger partial charge on any atom is -0.390 e. The summed E-state index contributed by atoms with van der Waals surface area (Å²) in [6.07, 6.45) is 1.68. The van der Waals surface area contributed by atoms with Crippen LogP contribution in [-0.4, -0.2) is 34.7 Å². The maximum Gasteiger partial charge on any atom is 0.251 e. The first-order chi connectivity index (χ1) is 18.3. The molecular weight excluding hydrogens is 540 g/mol. The highest BCUT2D eigenvalue weighted by Crippen LogP contribution is 2.24. The Hall–Kier alpha value is -3.17. The first-order valence-electron chi connectivity index (χ1n) is 12.5. The van der Waals surface area contributed by atoms with Crippen molar-refractivity contribution < 1.29 is 18.7 Å². The Labute approximate surface area is 237 Å². The zero-order chi connectivity index (χ0) is 27.1. The van der Waals surface area contributed by atoms with E-state index in [0.29, 0.717) is 17.7 Å². The molecule has 3 N–H and O–H groups in total. The first kappa shape index (κ1) is 30.4. The van der Waals surface area contributed by atoms with E-state index in [4.69, 9.17) is 0 Å². The van der Waals surface area contributed by atoms with E-state index in [-0.39, 0.29) is 31.3 Å². The topological polar surface area (TPSA) is 74.2 Å². The predicted molar refractivity (Wildman–Crippen MR) is 154 cm³/mol. The highest BCUT2D eigenvalue weighted by molar-refractivity contribution is 7.13. The number of aliphatic hydroxyl groups is 1.